The first kappa shape index (κ1) is 53.7. The van der Waals surface area contributed by atoms with E-state index >= 15 is 0 Å². The highest BCUT2D eigenvalue weighted by molar-refractivity contribution is 5.78. The van der Waals surface area contributed by atoms with E-state index in [1.807, 2.05) is 13.0 Å². The smallest absolute Gasteiger partial charge is 0.0416 e. The molecule has 1 N–H and O–H groups in total. The summed E-state index contributed by atoms with van der Waals surface area (Å²) < 4.78 is 0. The second-order valence-electron chi connectivity index (χ2n) is 12.2. The molecule has 1 nitrogen and oxygen atoms in total. The first-order valence-electron chi connectivity index (χ1n) is 18.7. The standard InChI is InChI=1S/C20H25N.2C8H10.2C4H10.C3H6.C2H4.CH4/c1-7-18-9-8-13(2)10-19(18)17(6)21-20-12-15(4)14(3)11-16(20)5;1-7-5-3-4-6-8(7)2;1-2-8-6-4-3-5-7-8;2*1-3-4-2;1-3-2;1-2;/h8-12,21H,6-7H2,1-5H3;3-6H,1-2H3;3-7H,2H2,1H3;2*3-4H2,1-2H3;3H,1H2,2H3;1-2H2;1H4. The normalized spacial score (nSPS) is 8.73. The number of aryl methyl sites for hydroxylation is 8. The molecule has 0 aliphatic carbocycles. The number of unbranched alkanes of at least 4 members (excludes halogenated alkanes) is 2. The van der Waals surface area contributed by atoms with Crippen molar-refractivity contribution in [3.63, 3.8) is 0 Å². The Morgan fingerprint density at radius 1 is 0.569 bits per heavy atom. The molecule has 0 aliphatic heterocycles. The van der Waals surface area contributed by atoms with Gasteiger partial charge in [-0.3, -0.25) is 0 Å². The fourth-order valence-electron chi connectivity index (χ4n) is 3.98. The minimum atomic E-state index is 0. The van der Waals surface area contributed by atoms with E-state index in [4.69, 9.17) is 0 Å². The topological polar surface area (TPSA) is 12.0 Å². The van der Waals surface area contributed by atoms with Gasteiger partial charge in [-0.25, -0.2) is 0 Å². The Bertz CT molecular complexity index is 1380. The Balaban J connectivity index is -0.000000304. The van der Waals surface area contributed by atoms with E-state index in [0.717, 1.165) is 24.2 Å². The summed E-state index contributed by atoms with van der Waals surface area (Å²) >= 11 is 0. The van der Waals surface area contributed by atoms with Crippen molar-refractivity contribution in [2.24, 2.45) is 0 Å². The number of anilines is 1. The molecule has 51 heavy (non-hydrogen) atoms. The fraction of sp³-hybridized carbons (Fsp3) is 0.400. The van der Waals surface area contributed by atoms with Crippen molar-refractivity contribution >= 4 is 11.4 Å². The van der Waals surface area contributed by atoms with Gasteiger partial charge in [0.2, 0.25) is 0 Å². The average molecular weight is 694 g/mol. The molecule has 0 saturated carbocycles. The van der Waals surface area contributed by atoms with E-state index in [9.17, 15) is 0 Å². The zero-order valence-corrected chi connectivity index (χ0v) is 34.7. The van der Waals surface area contributed by atoms with Crippen molar-refractivity contribution in [3.8, 4) is 0 Å². The van der Waals surface area contributed by atoms with Gasteiger partial charge in [0.1, 0.15) is 0 Å². The van der Waals surface area contributed by atoms with Gasteiger partial charge in [0, 0.05) is 16.9 Å². The number of hydrogen-bond donors (Lipinski definition) is 1. The van der Waals surface area contributed by atoms with Gasteiger partial charge in [-0.1, -0.05) is 166 Å². The monoisotopic (exact) mass is 694 g/mol. The Morgan fingerprint density at radius 2 is 1.00 bits per heavy atom. The second-order valence-corrected chi connectivity index (χ2v) is 12.2. The van der Waals surface area contributed by atoms with E-state index in [-0.39, 0.29) is 7.43 Å². The lowest BCUT2D eigenvalue weighted by molar-refractivity contribution is 0.886. The molecule has 0 saturated heterocycles. The van der Waals surface area contributed by atoms with Crippen molar-refractivity contribution in [1.82, 2.24) is 0 Å². The average Bonchev–Trinajstić information content (AvgIpc) is 3.14. The Labute approximate surface area is 319 Å². The first-order chi connectivity index (χ1) is 23.9. The highest BCUT2D eigenvalue weighted by Crippen LogP contribution is 2.26. The Hall–Kier alpha value is -4.10. The minimum Gasteiger partial charge on any atom is -0.355 e. The van der Waals surface area contributed by atoms with Crippen LogP contribution in [0.2, 0.25) is 0 Å². The fourth-order valence-corrected chi connectivity index (χ4v) is 3.98. The Kier molecular flexibility index (Phi) is 37.6. The third-order valence-corrected chi connectivity index (χ3v) is 7.77. The van der Waals surface area contributed by atoms with Gasteiger partial charge in [0.25, 0.3) is 0 Å². The molecule has 0 heterocycles. The number of hydrogen-bond acceptors (Lipinski definition) is 1. The zero-order chi connectivity index (χ0) is 38.9. The zero-order valence-electron chi connectivity index (χ0n) is 34.7. The van der Waals surface area contributed by atoms with Gasteiger partial charge in [-0.05, 0) is 112 Å². The van der Waals surface area contributed by atoms with Crippen LogP contribution in [0, 0.1) is 41.5 Å². The summed E-state index contributed by atoms with van der Waals surface area (Å²) in [7, 11) is 0. The number of benzene rings is 4. The van der Waals surface area contributed by atoms with E-state index in [1.54, 1.807) is 6.08 Å². The summed E-state index contributed by atoms with van der Waals surface area (Å²) in [6.07, 6.45) is 9.18. The van der Waals surface area contributed by atoms with Gasteiger partial charge in [-0.2, -0.15) is 0 Å². The van der Waals surface area contributed by atoms with Crippen LogP contribution >= 0.6 is 0 Å². The van der Waals surface area contributed by atoms with Gasteiger partial charge < -0.3 is 5.32 Å². The molecule has 0 atom stereocenters. The van der Waals surface area contributed by atoms with E-state index in [1.165, 1.54) is 75.8 Å². The number of rotatable bonds is 7. The highest BCUT2D eigenvalue weighted by Gasteiger charge is 2.08. The maximum atomic E-state index is 4.25. The summed E-state index contributed by atoms with van der Waals surface area (Å²) in [5, 5.41) is 3.50. The quantitative estimate of drug-likeness (QED) is 0.190. The molecule has 0 radical (unpaired) electrons. The van der Waals surface area contributed by atoms with Crippen LogP contribution < -0.4 is 5.32 Å². The molecule has 0 amide bonds. The molecule has 0 unspecified atom stereocenters. The summed E-state index contributed by atoms with van der Waals surface area (Å²) in [6, 6.07) is 29.8. The molecular weight excluding hydrogens is 615 g/mol. The van der Waals surface area contributed by atoms with E-state index in [2.05, 4.69) is 194 Å². The molecule has 4 aromatic rings. The highest BCUT2D eigenvalue weighted by atomic mass is 14.9. The summed E-state index contributed by atoms with van der Waals surface area (Å²) in [4.78, 5) is 0. The van der Waals surface area contributed by atoms with Gasteiger partial charge in [0.05, 0.1) is 0 Å². The predicted octanol–water partition coefficient (Wildman–Crippen LogP) is 16.4. The molecule has 4 aromatic carbocycles. The van der Waals surface area contributed by atoms with Crippen molar-refractivity contribution in [2.45, 2.75) is 136 Å². The van der Waals surface area contributed by atoms with Crippen molar-refractivity contribution in [1.29, 1.82) is 0 Å². The van der Waals surface area contributed by atoms with Crippen LogP contribution in [0.1, 0.15) is 132 Å². The molecule has 0 aliphatic rings. The van der Waals surface area contributed by atoms with Gasteiger partial charge >= 0.3 is 0 Å². The van der Waals surface area contributed by atoms with Crippen LogP contribution in [0.15, 0.2) is 117 Å². The first-order valence-corrected chi connectivity index (χ1v) is 18.7. The molecule has 0 bridgehead atoms. The summed E-state index contributed by atoms with van der Waals surface area (Å²) in [6.45, 7) is 41.4. The van der Waals surface area contributed by atoms with Crippen LogP contribution in [0.3, 0.4) is 0 Å². The van der Waals surface area contributed by atoms with Crippen LogP contribution in [-0.2, 0) is 12.8 Å². The van der Waals surface area contributed by atoms with Crippen molar-refractivity contribution in [2.75, 3.05) is 5.32 Å². The Morgan fingerprint density at radius 3 is 1.37 bits per heavy atom. The molecule has 4 rings (SSSR count). The number of allylic oxidation sites excluding steroid dienone is 1. The maximum absolute atomic E-state index is 4.25. The van der Waals surface area contributed by atoms with Crippen LogP contribution in [0.4, 0.5) is 5.69 Å². The molecule has 1 heteroatoms. The minimum absolute atomic E-state index is 0. The molecule has 284 valence electrons. The van der Waals surface area contributed by atoms with E-state index < -0.39 is 0 Å². The number of nitrogens with one attached hydrogen (secondary N) is 1. The second kappa shape index (κ2) is 35.7. The molecular formula is C50H79N. The van der Waals surface area contributed by atoms with Gasteiger partial charge in [0.15, 0.2) is 0 Å². The third-order valence-electron chi connectivity index (χ3n) is 7.77. The predicted molar refractivity (Wildman–Crippen MR) is 241 cm³/mol. The lowest BCUT2D eigenvalue weighted by Gasteiger charge is -2.17. The largest absolute Gasteiger partial charge is 0.355 e. The third kappa shape index (κ3) is 26.4. The maximum Gasteiger partial charge on any atom is 0.0416 e. The molecule has 0 spiro atoms. The SMILES string of the molecule is C.C=C.C=C(Nc1cc(C)c(C)cc1C)c1cc(C)ccc1CC.C=CC.CCCC.CCCC.CCc1ccccc1.Cc1ccccc1C. The van der Waals surface area contributed by atoms with Crippen LogP contribution in [-0.4, -0.2) is 0 Å². The summed E-state index contributed by atoms with van der Waals surface area (Å²) in [5.41, 5.74) is 14.0. The summed E-state index contributed by atoms with van der Waals surface area (Å²) in [5.74, 6) is 0. The van der Waals surface area contributed by atoms with Crippen LogP contribution in [0.5, 0.6) is 0 Å². The van der Waals surface area contributed by atoms with Crippen molar-refractivity contribution in [3.05, 3.63) is 167 Å². The molecule has 0 aromatic heterocycles. The van der Waals surface area contributed by atoms with Crippen molar-refractivity contribution < 1.29 is 0 Å². The van der Waals surface area contributed by atoms with Crippen LogP contribution in [0.25, 0.3) is 5.70 Å². The lowest BCUT2D eigenvalue weighted by atomic mass is 9.99. The van der Waals surface area contributed by atoms with Gasteiger partial charge in [-0.15, -0.1) is 19.7 Å². The lowest BCUT2D eigenvalue weighted by Crippen LogP contribution is -2.03. The molecule has 0 fully saturated rings. The van der Waals surface area contributed by atoms with E-state index in [0.29, 0.717) is 0 Å².